The first-order valence-corrected chi connectivity index (χ1v) is 9.57. The van der Waals surface area contributed by atoms with Crippen LogP contribution in [0.25, 0.3) is 0 Å². The van der Waals surface area contributed by atoms with Gasteiger partial charge in [-0.15, -0.1) is 0 Å². The van der Waals surface area contributed by atoms with Crippen molar-refractivity contribution in [3.63, 3.8) is 0 Å². The number of nitrogens with zero attached hydrogens (tertiary/aromatic N) is 3. The van der Waals surface area contributed by atoms with Gasteiger partial charge < -0.3 is 10.2 Å². The summed E-state index contributed by atoms with van der Waals surface area (Å²) in [4.78, 5) is 31.1. The lowest BCUT2D eigenvalue weighted by atomic mass is 9.98. The van der Waals surface area contributed by atoms with E-state index >= 15 is 0 Å². The fourth-order valence-electron chi connectivity index (χ4n) is 3.66. The van der Waals surface area contributed by atoms with Crippen molar-refractivity contribution in [1.82, 2.24) is 20.0 Å². The summed E-state index contributed by atoms with van der Waals surface area (Å²) in [5, 5.41) is 3.04. The molecule has 0 aromatic carbocycles. The van der Waals surface area contributed by atoms with Crippen molar-refractivity contribution in [3.8, 4) is 0 Å². The number of piperazine rings is 1. The summed E-state index contributed by atoms with van der Waals surface area (Å²) in [7, 11) is 0. The van der Waals surface area contributed by atoms with Gasteiger partial charge in [0, 0.05) is 45.3 Å². The van der Waals surface area contributed by atoms with Crippen LogP contribution in [0.15, 0.2) is 0 Å². The number of carbonyl (C=O) groups is 2. The SMILES string of the molecule is CC1CCN(C(=O)C(C)N2CCN(CC(=O)NC3CC3)CC2)CC1. The molecule has 1 unspecified atom stereocenters. The smallest absolute Gasteiger partial charge is 0.239 e. The molecular formula is C18H32N4O2. The van der Waals surface area contributed by atoms with Crippen molar-refractivity contribution in [1.29, 1.82) is 0 Å². The van der Waals surface area contributed by atoms with Crippen LogP contribution < -0.4 is 5.32 Å². The Morgan fingerprint density at radius 1 is 1.00 bits per heavy atom. The van der Waals surface area contributed by atoms with Crippen molar-refractivity contribution >= 4 is 11.8 Å². The summed E-state index contributed by atoms with van der Waals surface area (Å²) in [5.74, 6) is 1.18. The van der Waals surface area contributed by atoms with Crippen LogP contribution in [0, 0.1) is 5.92 Å². The zero-order valence-corrected chi connectivity index (χ0v) is 15.2. The summed E-state index contributed by atoms with van der Waals surface area (Å²) >= 11 is 0. The lowest BCUT2D eigenvalue weighted by molar-refractivity contribution is -0.138. The molecule has 1 saturated carbocycles. The highest BCUT2D eigenvalue weighted by molar-refractivity contribution is 5.81. The van der Waals surface area contributed by atoms with Gasteiger partial charge in [-0.2, -0.15) is 0 Å². The third-order valence-corrected chi connectivity index (χ3v) is 5.72. The van der Waals surface area contributed by atoms with Crippen molar-refractivity contribution < 1.29 is 9.59 Å². The minimum absolute atomic E-state index is 0.0409. The Labute approximate surface area is 145 Å². The zero-order chi connectivity index (χ0) is 17.1. The number of piperidine rings is 1. The molecule has 6 heteroatoms. The van der Waals surface area contributed by atoms with Crippen LogP contribution in [-0.4, -0.2) is 84.4 Å². The van der Waals surface area contributed by atoms with Crippen LogP contribution in [0.5, 0.6) is 0 Å². The Kier molecular flexibility index (Phi) is 5.76. The van der Waals surface area contributed by atoms with Gasteiger partial charge >= 0.3 is 0 Å². The van der Waals surface area contributed by atoms with E-state index in [0.717, 1.165) is 70.9 Å². The minimum Gasteiger partial charge on any atom is -0.352 e. The molecule has 136 valence electrons. The van der Waals surface area contributed by atoms with Crippen molar-refractivity contribution in [2.45, 2.75) is 51.6 Å². The Morgan fingerprint density at radius 3 is 2.21 bits per heavy atom. The third-order valence-electron chi connectivity index (χ3n) is 5.72. The zero-order valence-electron chi connectivity index (χ0n) is 15.2. The second-order valence-corrected chi connectivity index (χ2v) is 7.84. The van der Waals surface area contributed by atoms with Gasteiger partial charge in [0.15, 0.2) is 0 Å². The first-order chi connectivity index (χ1) is 11.5. The Morgan fingerprint density at radius 2 is 1.62 bits per heavy atom. The van der Waals surface area contributed by atoms with Crippen LogP contribution >= 0.6 is 0 Å². The average molecular weight is 336 g/mol. The van der Waals surface area contributed by atoms with Crippen LogP contribution in [0.3, 0.4) is 0 Å². The van der Waals surface area contributed by atoms with E-state index in [0.29, 0.717) is 12.6 Å². The van der Waals surface area contributed by atoms with E-state index < -0.39 is 0 Å². The molecule has 0 aromatic heterocycles. The van der Waals surface area contributed by atoms with E-state index in [2.05, 4.69) is 22.0 Å². The number of hydrogen-bond donors (Lipinski definition) is 1. The second kappa shape index (κ2) is 7.83. The van der Waals surface area contributed by atoms with E-state index in [-0.39, 0.29) is 17.9 Å². The molecule has 0 radical (unpaired) electrons. The summed E-state index contributed by atoms with van der Waals surface area (Å²) < 4.78 is 0. The van der Waals surface area contributed by atoms with Gasteiger partial charge in [-0.1, -0.05) is 6.92 Å². The normalized spacial score (nSPS) is 25.5. The molecule has 1 aliphatic carbocycles. The van der Waals surface area contributed by atoms with Crippen LogP contribution in [-0.2, 0) is 9.59 Å². The monoisotopic (exact) mass is 336 g/mol. The maximum atomic E-state index is 12.7. The molecule has 2 saturated heterocycles. The van der Waals surface area contributed by atoms with Crippen LogP contribution in [0.2, 0.25) is 0 Å². The molecule has 2 heterocycles. The highest BCUT2D eigenvalue weighted by Gasteiger charge is 2.31. The molecule has 0 aromatic rings. The molecular weight excluding hydrogens is 304 g/mol. The average Bonchev–Trinajstić information content (AvgIpc) is 3.39. The third kappa shape index (κ3) is 4.70. The summed E-state index contributed by atoms with van der Waals surface area (Å²) in [6.07, 6.45) is 4.52. The Bertz CT molecular complexity index is 450. The van der Waals surface area contributed by atoms with Gasteiger partial charge in [-0.3, -0.25) is 19.4 Å². The number of carbonyl (C=O) groups excluding carboxylic acids is 2. The quantitative estimate of drug-likeness (QED) is 0.796. The molecule has 3 rings (SSSR count). The molecule has 1 atom stereocenters. The maximum Gasteiger partial charge on any atom is 0.239 e. The van der Waals surface area contributed by atoms with Gasteiger partial charge in [-0.25, -0.2) is 0 Å². The molecule has 2 amide bonds. The molecule has 24 heavy (non-hydrogen) atoms. The first kappa shape index (κ1) is 17.7. The summed E-state index contributed by atoms with van der Waals surface area (Å²) in [6.45, 7) is 10.1. The van der Waals surface area contributed by atoms with Gasteiger partial charge in [0.05, 0.1) is 12.6 Å². The van der Waals surface area contributed by atoms with Gasteiger partial charge in [0.2, 0.25) is 11.8 Å². The fraction of sp³-hybridized carbons (Fsp3) is 0.889. The molecule has 3 fully saturated rings. The standard InChI is InChI=1S/C18H32N4O2/c1-14-5-7-22(8-6-14)18(24)15(2)21-11-9-20(10-12-21)13-17(23)19-16-3-4-16/h14-16H,3-13H2,1-2H3,(H,19,23). The fourth-order valence-corrected chi connectivity index (χ4v) is 3.66. The molecule has 0 bridgehead atoms. The minimum atomic E-state index is -0.0409. The highest BCUT2D eigenvalue weighted by atomic mass is 16.2. The number of likely N-dealkylation sites (tertiary alicyclic amines) is 1. The van der Waals surface area contributed by atoms with Crippen molar-refractivity contribution in [2.75, 3.05) is 45.8 Å². The highest BCUT2D eigenvalue weighted by Crippen LogP contribution is 2.19. The lowest BCUT2D eigenvalue weighted by Crippen LogP contribution is -2.56. The molecule has 6 nitrogen and oxygen atoms in total. The van der Waals surface area contributed by atoms with Crippen molar-refractivity contribution in [2.24, 2.45) is 5.92 Å². The van der Waals surface area contributed by atoms with Crippen molar-refractivity contribution in [3.05, 3.63) is 0 Å². The lowest BCUT2D eigenvalue weighted by Gasteiger charge is -2.40. The van der Waals surface area contributed by atoms with Gasteiger partial charge in [0.25, 0.3) is 0 Å². The topological polar surface area (TPSA) is 55.9 Å². The number of rotatable bonds is 5. The van der Waals surface area contributed by atoms with E-state index in [9.17, 15) is 9.59 Å². The number of hydrogen-bond acceptors (Lipinski definition) is 4. The van der Waals surface area contributed by atoms with Crippen LogP contribution in [0.4, 0.5) is 0 Å². The Balaban J connectivity index is 1.40. The van der Waals surface area contributed by atoms with E-state index in [1.165, 1.54) is 0 Å². The summed E-state index contributed by atoms with van der Waals surface area (Å²) in [6, 6.07) is 0.393. The second-order valence-electron chi connectivity index (χ2n) is 7.84. The molecule has 0 spiro atoms. The molecule has 3 aliphatic rings. The maximum absolute atomic E-state index is 12.7. The first-order valence-electron chi connectivity index (χ1n) is 9.57. The molecule has 1 N–H and O–H groups in total. The van der Waals surface area contributed by atoms with Crippen LogP contribution in [0.1, 0.15) is 39.5 Å². The van der Waals surface area contributed by atoms with E-state index in [1.54, 1.807) is 0 Å². The predicted octanol–water partition coefficient (Wildman–Crippen LogP) is 0.530. The number of nitrogens with one attached hydrogen (secondary N) is 1. The number of amides is 2. The summed E-state index contributed by atoms with van der Waals surface area (Å²) in [5.41, 5.74) is 0. The molecule has 2 aliphatic heterocycles. The Hall–Kier alpha value is -1.14. The predicted molar refractivity (Wildman–Crippen MR) is 93.6 cm³/mol. The van der Waals surface area contributed by atoms with Gasteiger partial charge in [-0.05, 0) is 38.5 Å². The van der Waals surface area contributed by atoms with Gasteiger partial charge in [0.1, 0.15) is 0 Å². The largest absolute Gasteiger partial charge is 0.352 e. The van der Waals surface area contributed by atoms with E-state index in [1.807, 2.05) is 11.8 Å². The van der Waals surface area contributed by atoms with E-state index in [4.69, 9.17) is 0 Å².